The highest BCUT2D eigenvalue weighted by atomic mass is 15.1. The van der Waals surface area contributed by atoms with Crippen molar-refractivity contribution in [3.63, 3.8) is 0 Å². The van der Waals surface area contributed by atoms with Gasteiger partial charge in [-0.2, -0.15) is 5.26 Å². The van der Waals surface area contributed by atoms with Crippen molar-refractivity contribution in [3.05, 3.63) is 65.2 Å². The van der Waals surface area contributed by atoms with E-state index < -0.39 is 0 Å². The summed E-state index contributed by atoms with van der Waals surface area (Å²) in [6, 6.07) is 18.7. The van der Waals surface area contributed by atoms with E-state index in [2.05, 4.69) is 49.1 Å². The third-order valence-corrected chi connectivity index (χ3v) is 3.50. The van der Waals surface area contributed by atoms with Gasteiger partial charge in [-0.3, -0.25) is 0 Å². The summed E-state index contributed by atoms with van der Waals surface area (Å²) in [5.74, 6) is 0.557. The third-order valence-electron chi connectivity index (χ3n) is 3.50. The van der Waals surface area contributed by atoms with Crippen LogP contribution in [0, 0.1) is 11.3 Å². The van der Waals surface area contributed by atoms with Crippen LogP contribution in [0.25, 0.3) is 0 Å². The smallest absolute Gasteiger partial charge is 0.101 e. The fourth-order valence-electron chi connectivity index (χ4n) is 2.27. The molecule has 2 nitrogen and oxygen atoms in total. The summed E-state index contributed by atoms with van der Waals surface area (Å²) >= 11 is 0. The quantitative estimate of drug-likeness (QED) is 0.822. The first-order valence-electron chi connectivity index (χ1n) is 6.91. The van der Waals surface area contributed by atoms with Crippen LogP contribution in [0.15, 0.2) is 48.5 Å². The number of nitrogens with zero attached hydrogens (tertiary/aromatic N) is 2. The molecule has 102 valence electrons. The van der Waals surface area contributed by atoms with Gasteiger partial charge in [0.15, 0.2) is 0 Å². The van der Waals surface area contributed by atoms with Crippen molar-refractivity contribution >= 4 is 5.69 Å². The van der Waals surface area contributed by atoms with Gasteiger partial charge in [0.2, 0.25) is 0 Å². The summed E-state index contributed by atoms with van der Waals surface area (Å²) in [4.78, 5) is 2.11. The molecule has 0 amide bonds. The topological polar surface area (TPSA) is 27.0 Å². The van der Waals surface area contributed by atoms with Crippen LogP contribution in [-0.4, -0.2) is 7.05 Å². The van der Waals surface area contributed by atoms with Crippen molar-refractivity contribution < 1.29 is 0 Å². The average Bonchev–Trinajstić information content (AvgIpc) is 2.47. The largest absolute Gasteiger partial charge is 0.369 e. The summed E-state index contributed by atoms with van der Waals surface area (Å²) in [6.45, 7) is 5.20. The normalized spacial score (nSPS) is 10.3. The maximum atomic E-state index is 9.15. The molecule has 0 saturated heterocycles. The van der Waals surface area contributed by atoms with Crippen molar-refractivity contribution in [1.29, 1.82) is 5.26 Å². The van der Waals surface area contributed by atoms with Crippen LogP contribution < -0.4 is 4.90 Å². The van der Waals surface area contributed by atoms with Gasteiger partial charge in [0.1, 0.15) is 6.07 Å². The van der Waals surface area contributed by atoms with Crippen LogP contribution in [-0.2, 0) is 6.54 Å². The Morgan fingerprint density at radius 3 is 2.30 bits per heavy atom. The van der Waals surface area contributed by atoms with E-state index in [9.17, 15) is 0 Å². The van der Waals surface area contributed by atoms with Crippen molar-refractivity contribution in [3.8, 4) is 6.07 Å². The Labute approximate surface area is 121 Å². The van der Waals surface area contributed by atoms with Crippen LogP contribution in [0.4, 0.5) is 5.69 Å². The van der Waals surface area contributed by atoms with Crippen molar-refractivity contribution in [2.24, 2.45) is 0 Å². The highest BCUT2D eigenvalue weighted by Gasteiger charge is 2.07. The van der Waals surface area contributed by atoms with Gasteiger partial charge in [0.05, 0.1) is 11.3 Å². The first-order valence-corrected chi connectivity index (χ1v) is 6.91. The molecule has 0 saturated carbocycles. The van der Waals surface area contributed by atoms with E-state index in [0.29, 0.717) is 11.5 Å². The molecule has 0 aliphatic carbocycles. The average molecular weight is 264 g/mol. The molecule has 0 atom stereocenters. The Hall–Kier alpha value is -2.27. The molecular formula is C18H20N2. The highest BCUT2D eigenvalue weighted by molar-refractivity contribution is 5.58. The van der Waals surface area contributed by atoms with E-state index in [1.54, 1.807) is 0 Å². The maximum Gasteiger partial charge on any atom is 0.101 e. The lowest BCUT2D eigenvalue weighted by Gasteiger charge is -2.20. The number of nitriles is 1. The molecule has 0 bridgehead atoms. The predicted octanol–water partition coefficient (Wildman–Crippen LogP) is 4.32. The van der Waals surface area contributed by atoms with Gasteiger partial charge >= 0.3 is 0 Å². The number of anilines is 1. The second-order valence-corrected chi connectivity index (χ2v) is 5.38. The van der Waals surface area contributed by atoms with E-state index in [4.69, 9.17) is 5.26 Å². The van der Waals surface area contributed by atoms with E-state index in [1.165, 1.54) is 11.1 Å². The zero-order valence-corrected chi connectivity index (χ0v) is 12.3. The van der Waals surface area contributed by atoms with Gasteiger partial charge in [0, 0.05) is 13.6 Å². The molecule has 2 rings (SSSR count). The predicted molar refractivity (Wildman–Crippen MR) is 83.8 cm³/mol. The Balaban J connectivity index is 2.15. The molecule has 20 heavy (non-hydrogen) atoms. The summed E-state index contributed by atoms with van der Waals surface area (Å²) in [6.07, 6.45) is 0. The zero-order chi connectivity index (χ0) is 14.5. The van der Waals surface area contributed by atoms with Gasteiger partial charge in [-0.25, -0.2) is 0 Å². The number of hydrogen-bond donors (Lipinski definition) is 0. The Bertz CT molecular complexity index is 606. The van der Waals surface area contributed by atoms with Gasteiger partial charge in [-0.15, -0.1) is 0 Å². The molecular weight excluding hydrogens is 244 g/mol. The fraction of sp³-hybridized carbons (Fsp3) is 0.278. The lowest BCUT2D eigenvalue weighted by Crippen LogP contribution is -2.17. The van der Waals surface area contributed by atoms with Crippen molar-refractivity contribution in [2.75, 3.05) is 11.9 Å². The molecule has 2 aromatic carbocycles. The summed E-state index contributed by atoms with van der Waals surface area (Å²) in [5, 5.41) is 9.15. The van der Waals surface area contributed by atoms with Gasteiger partial charge in [-0.05, 0) is 29.2 Å². The molecule has 0 heterocycles. The molecule has 0 N–H and O–H groups in total. The highest BCUT2D eigenvalue weighted by Crippen LogP contribution is 2.21. The Kier molecular flexibility index (Phi) is 4.42. The molecule has 2 heteroatoms. The number of hydrogen-bond acceptors (Lipinski definition) is 2. The third kappa shape index (κ3) is 3.19. The van der Waals surface area contributed by atoms with Gasteiger partial charge in [-0.1, -0.05) is 50.2 Å². The molecule has 0 radical (unpaired) electrons. The molecule has 0 unspecified atom stereocenters. The number of benzene rings is 2. The standard InChI is InChI=1S/C18H20N2/c1-14(2)16-10-8-15(9-11-16)13-20(3)18-7-5-4-6-17(18)12-19/h4-11,14H,13H2,1-3H3. The minimum atomic E-state index is 0.557. The molecule has 2 aromatic rings. The second kappa shape index (κ2) is 6.25. The molecule has 0 aliphatic heterocycles. The minimum absolute atomic E-state index is 0.557. The van der Waals surface area contributed by atoms with E-state index in [1.807, 2.05) is 31.3 Å². The first kappa shape index (κ1) is 14.1. The van der Waals surface area contributed by atoms with Crippen molar-refractivity contribution in [1.82, 2.24) is 0 Å². The van der Waals surface area contributed by atoms with Crippen LogP contribution in [0.1, 0.15) is 36.5 Å². The zero-order valence-electron chi connectivity index (χ0n) is 12.3. The molecule has 0 aromatic heterocycles. The second-order valence-electron chi connectivity index (χ2n) is 5.38. The van der Waals surface area contributed by atoms with E-state index in [-0.39, 0.29) is 0 Å². The monoisotopic (exact) mass is 264 g/mol. The fourth-order valence-corrected chi connectivity index (χ4v) is 2.27. The lowest BCUT2D eigenvalue weighted by molar-refractivity contribution is 0.861. The van der Waals surface area contributed by atoms with Crippen LogP contribution >= 0.6 is 0 Å². The first-order chi connectivity index (χ1) is 9.61. The van der Waals surface area contributed by atoms with E-state index >= 15 is 0 Å². The van der Waals surface area contributed by atoms with Gasteiger partial charge in [0.25, 0.3) is 0 Å². The Morgan fingerprint density at radius 1 is 1.05 bits per heavy atom. The lowest BCUT2D eigenvalue weighted by atomic mass is 10.0. The van der Waals surface area contributed by atoms with Crippen LogP contribution in [0.2, 0.25) is 0 Å². The van der Waals surface area contributed by atoms with Gasteiger partial charge < -0.3 is 4.90 Å². The SMILES string of the molecule is CC(C)c1ccc(CN(C)c2ccccc2C#N)cc1. The summed E-state index contributed by atoms with van der Waals surface area (Å²) in [5.41, 5.74) is 4.30. The number of rotatable bonds is 4. The molecule has 0 spiro atoms. The molecule has 0 aliphatic rings. The van der Waals surface area contributed by atoms with E-state index in [0.717, 1.165) is 12.2 Å². The number of para-hydroxylation sites is 1. The van der Waals surface area contributed by atoms with Crippen LogP contribution in [0.3, 0.4) is 0 Å². The summed E-state index contributed by atoms with van der Waals surface area (Å²) < 4.78 is 0. The minimum Gasteiger partial charge on any atom is -0.369 e. The summed E-state index contributed by atoms with van der Waals surface area (Å²) in [7, 11) is 2.02. The maximum absolute atomic E-state index is 9.15. The van der Waals surface area contributed by atoms with Crippen LogP contribution in [0.5, 0.6) is 0 Å². The van der Waals surface area contributed by atoms with Crippen molar-refractivity contribution in [2.45, 2.75) is 26.3 Å². The Morgan fingerprint density at radius 2 is 1.70 bits per heavy atom. The molecule has 0 fully saturated rings.